The van der Waals surface area contributed by atoms with Crippen LogP contribution in [-0.2, 0) is 16.1 Å². The standard InChI is InChI=1S/C27H21N3O5S/c1-15-6-5-9-21(16(15)2)30-25(32)20(24(31)28-27(30)36)12-17-13-29(22-8-4-3-7-19(17)22)14-18-10-11-23(35-18)26(33)34/h3-13H,14H2,1-2H3,(H,33,34)(H,28,31,36)/b20-12+. The van der Waals surface area contributed by atoms with Crippen LogP contribution in [0.1, 0.15) is 33.0 Å². The van der Waals surface area contributed by atoms with E-state index in [1.807, 2.05) is 54.8 Å². The number of hydrogen-bond donors (Lipinski definition) is 2. The highest BCUT2D eigenvalue weighted by molar-refractivity contribution is 7.80. The number of carbonyl (C=O) groups is 3. The van der Waals surface area contributed by atoms with Gasteiger partial charge in [0, 0.05) is 22.7 Å². The van der Waals surface area contributed by atoms with E-state index in [4.69, 9.17) is 21.7 Å². The second-order valence-electron chi connectivity index (χ2n) is 8.48. The average molecular weight is 500 g/mol. The predicted molar refractivity (Wildman–Crippen MR) is 139 cm³/mol. The van der Waals surface area contributed by atoms with Crippen molar-refractivity contribution < 1.29 is 23.9 Å². The Labute approximate surface area is 211 Å². The van der Waals surface area contributed by atoms with Crippen LogP contribution >= 0.6 is 12.2 Å². The Hall–Kier alpha value is -4.50. The second-order valence-corrected chi connectivity index (χ2v) is 8.86. The molecule has 1 fully saturated rings. The third-order valence-electron chi connectivity index (χ3n) is 6.24. The summed E-state index contributed by atoms with van der Waals surface area (Å²) >= 11 is 5.35. The number of rotatable bonds is 5. The van der Waals surface area contributed by atoms with Gasteiger partial charge >= 0.3 is 5.97 Å². The first-order valence-corrected chi connectivity index (χ1v) is 11.5. The van der Waals surface area contributed by atoms with E-state index in [1.165, 1.54) is 11.0 Å². The lowest BCUT2D eigenvalue weighted by atomic mass is 10.0. The third kappa shape index (κ3) is 3.99. The molecule has 1 aliphatic rings. The molecule has 8 nitrogen and oxygen atoms in total. The molecule has 0 aliphatic carbocycles. The van der Waals surface area contributed by atoms with E-state index >= 15 is 0 Å². The molecule has 0 atom stereocenters. The van der Waals surface area contributed by atoms with Crippen LogP contribution in [0.2, 0.25) is 0 Å². The van der Waals surface area contributed by atoms with Crippen molar-refractivity contribution >= 4 is 57.8 Å². The van der Waals surface area contributed by atoms with Gasteiger partial charge in [0.25, 0.3) is 11.8 Å². The topological polar surface area (TPSA) is 105 Å². The highest BCUT2D eigenvalue weighted by Gasteiger charge is 2.35. The van der Waals surface area contributed by atoms with Crippen molar-refractivity contribution in [3.63, 3.8) is 0 Å². The molecule has 3 heterocycles. The fraction of sp³-hybridized carbons (Fsp3) is 0.111. The van der Waals surface area contributed by atoms with Crippen LogP contribution in [-0.4, -0.2) is 32.6 Å². The summed E-state index contributed by atoms with van der Waals surface area (Å²) in [6.45, 7) is 4.12. The summed E-state index contributed by atoms with van der Waals surface area (Å²) in [5, 5.41) is 12.6. The molecule has 4 aromatic rings. The van der Waals surface area contributed by atoms with Gasteiger partial charge in [0.15, 0.2) is 5.11 Å². The van der Waals surface area contributed by atoms with Crippen molar-refractivity contribution in [3.8, 4) is 0 Å². The van der Waals surface area contributed by atoms with Gasteiger partial charge in [-0.1, -0.05) is 30.3 Å². The molecular formula is C27H21N3O5S. The summed E-state index contributed by atoms with van der Waals surface area (Å²) in [6.07, 6.45) is 3.36. The van der Waals surface area contributed by atoms with E-state index in [-0.39, 0.29) is 23.0 Å². The minimum absolute atomic E-state index is 0.0327. The molecule has 9 heteroatoms. The lowest BCUT2D eigenvalue weighted by molar-refractivity contribution is -0.122. The van der Waals surface area contributed by atoms with Crippen LogP contribution < -0.4 is 10.2 Å². The summed E-state index contributed by atoms with van der Waals surface area (Å²) in [7, 11) is 0. The van der Waals surface area contributed by atoms with E-state index < -0.39 is 17.8 Å². The molecule has 0 radical (unpaired) electrons. The molecule has 36 heavy (non-hydrogen) atoms. The highest BCUT2D eigenvalue weighted by atomic mass is 32.1. The molecule has 0 unspecified atom stereocenters. The molecule has 2 aromatic carbocycles. The maximum absolute atomic E-state index is 13.5. The van der Waals surface area contributed by atoms with Crippen LogP contribution in [0.4, 0.5) is 5.69 Å². The lowest BCUT2D eigenvalue weighted by Crippen LogP contribution is -2.54. The number of nitrogens with zero attached hydrogens (tertiary/aromatic N) is 2. The van der Waals surface area contributed by atoms with Crippen LogP contribution in [0.15, 0.2) is 70.8 Å². The number of aromatic nitrogens is 1. The molecule has 2 aromatic heterocycles. The summed E-state index contributed by atoms with van der Waals surface area (Å²) in [5.74, 6) is -1.90. The number of hydrogen-bond acceptors (Lipinski definition) is 5. The van der Waals surface area contributed by atoms with Crippen LogP contribution in [0.25, 0.3) is 17.0 Å². The molecule has 2 N–H and O–H groups in total. The van der Waals surface area contributed by atoms with Gasteiger partial charge in [-0.15, -0.1) is 0 Å². The van der Waals surface area contributed by atoms with Crippen molar-refractivity contribution in [2.75, 3.05) is 4.90 Å². The Balaban J connectivity index is 1.57. The van der Waals surface area contributed by atoms with Gasteiger partial charge in [0.2, 0.25) is 5.76 Å². The second kappa shape index (κ2) is 8.94. The van der Waals surface area contributed by atoms with Gasteiger partial charge in [0.05, 0.1) is 12.2 Å². The summed E-state index contributed by atoms with van der Waals surface area (Å²) in [4.78, 5) is 38.9. The number of aryl methyl sites for hydroxylation is 1. The fourth-order valence-electron chi connectivity index (χ4n) is 4.28. The Kier molecular flexibility index (Phi) is 5.77. The molecule has 5 rings (SSSR count). The fourth-order valence-corrected chi connectivity index (χ4v) is 4.55. The van der Waals surface area contributed by atoms with Gasteiger partial charge < -0.3 is 14.1 Å². The van der Waals surface area contributed by atoms with Gasteiger partial charge in [-0.2, -0.15) is 0 Å². The smallest absolute Gasteiger partial charge is 0.371 e. The molecular weight excluding hydrogens is 478 g/mol. The van der Waals surface area contributed by atoms with Crippen molar-refractivity contribution in [2.45, 2.75) is 20.4 Å². The van der Waals surface area contributed by atoms with Crippen LogP contribution in [0, 0.1) is 13.8 Å². The number of anilines is 1. The summed E-state index contributed by atoms with van der Waals surface area (Å²) in [5.41, 5.74) is 3.95. The van der Waals surface area contributed by atoms with Crippen molar-refractivity contribution in [1.29, 1.82) is 0 Å². The Bertz CT molecular complexity index is 1610. The maximum atomic E-state index is 13.5. The van der Waals surface area contributed by atoms with Crippen molar-refractivity contribution in [3.05, 3.63) is 94.6 Å². The zero-order valence-electron chi connectivity index (χ0n) is 19.4. The number of carbonyl (C=O) groups excluding carboxylic acids is 2. The van der Waals surface area contributed by atoms with Crippen molar-refractivity contribution in [2.24, 2.45) is 0 Å². The normalized spacial score (nSPS) is 15.1. The Morgan fingerprint density at radius 1 is 1.08 bits per heavy atom. The lowest BCUT2D eigenvalue weighted by Gasteiger charge is -2.30. The largest absolute Gasteiger partial charge is 0.475 e. The van der Waals surface area contributed by atoms with Crippen LogP contribution in [0.3, 0.4) is 0 Å². The molecule has 2 amide bonds. The third-order valence-corrected chi connectivity index (χ3v) is 6.52. The highest BCUT2D eigenvalue weighted by Crippen LogP contribution is 2.29. The molecule has 1 saturated heterocycles. The number of benzene rings is 2. The maximum Gasteiger partial charge on any atom is 0.371 e. The molecule has 0 spiro atoms. The van der Waals surface area contributed by atoms with E-state index in [1.54, 1.807) is 24.4 Å². The summed E-state index contributed by atoms with van der Waals surface area (Å²) < 4.78 is 7.29. The summed E-state index contributed by atoms with van der Waals surface area (Å²) in [6, 6.07) is 16.1. The average Bonchev–Trinajstić information content (AvgIpc) is 3.45. The molecule has 0 bridgehead atoms. The predicted octanol–water partition coefficient (Wildman–Crippen LogP) is 4.43. The van der Waals surface area contributed by atoms with E-state index in [9.17, 15) is 14.4 Å². The van der Waals surface area contributed by atoms with E-state index in [0.29, 0.717) is 17.0 Å². The number of carboxylic acids is 1. The van der Waals surface area contributed by atoms with Crippen molar-refractivity contribution in [1.82, 2.24) is 9.88 Å². The Morgan fingerprint density at radius 3 is 2.61 bits per heavy atom. The van der Waals surface area contributed by atoms with Gasteiger partial charge in [-0.3, -0.25) is 19.8 Å². The SMILES string of the molecule is Cc1cccc(N2C(=O)/C(=C/c3cn(Cc4ccc(C(=O)O)o4)c4ccccc34)C(=O)NC2=S)c1C. The first-order valence-electron chi connectivity index (χ1n) is 11.1. The first kappa shape index (κ1) is 23.3. The van der Waals surface area contributed by atoms with E-state index in [2.05, 4.69) is 5.32 Å². The zero-order chi connectivity index (χ0) is 25.6. The quantitative estimate of drug-likeness (QED) is 0.239. The van der Waals surface area contributed by atoms with Gasteiger partial charge in [-0.05, 0) is 67.5 Å². The van der Waals surface area contributed by atoms with Gasteiger partial charge in [0.1, 0.15) is 11.3 Å². The van der Waals surface area contributed by atoms with E-state index in [0.717, 1.165) is 22.0 Å². The monoisotopic (exact) mass is 499 g/mol. The minimum Gasteiger partial charge on any atom is -0.475 e. The molecule has 0 saturated carbocycles. The molecule has 180 valence electrons. The number of furan rings is 1. The number of carboxylic acid groups (broad SMARTS) is 1. The first-order chi connectivity index (χ1) is 17.2. The minimum atomic E-state index is -1.14. The number of fused-ring (bicyclic) bond motifs is 1. The Morgan fingerprint density at radius 2 is 1.86 bits per heavy atom. The zero-order valence-corrected chi connectivity index (χ0v) is 20.3. The van der Waals surface area contributed by atoms with Gasteiger partial charge in [-0.25, -0.2) is 4.79 Å². The molecule has 1 aliphatic heterocycles. The number of amides is 2. The number of aromatic carboxylic acids is 1. The van der Waals surface area contributed by atoms with Crippen LogP contribution in [0.5, 0.6) is 0 Å². The number of para-hydroxylation sites is 1. The number of nitrogens with one attached hydrogen (secondary N) is 1. The number of thiocarbonyl (C=S) groups is 1.